The van der Waals surface area contributed by atoms with Crippen molar-refractivity contribution in [1.82, 2.24) is 0 Å². The molecule has 0 aliphatic carbocycles. The van der Waals surface area contributed by atoms with E-state index in [1.807, 2.05) is 13.8 Å². The van der Waals surface area contributed by atoms with Gasteiger partial charge in [0.25, 0.3) is 0 Å². The largest absolute Gasteiger partial charge is 0.368 e. The van der Waals surface area contributed by atoms with Crippen molar-refractivity contribution in [3.05, 3.63) is 0 Å². The third-order valence-electron chi connectivity index (χ3n) is 3.41. The molecule has 66 valence electrons. The van der Waals surface area contributed by atoms with Crippen LogP contribution >= 0.6 is 0 Å². The van der Waals surface area contributed by atoms with Gasteiger partial charge >= 0.3 is 0 Å². The Morgan fingerprint density at radius 2 is 1.33 bits per heavy atom. The molecular weight excluding hydrogens is 156 g/mol. The minimum atomic E-state index is 0.0359. The van der Waals surface area contributed by atoms with E-state index in [4.69, 9.17) is 9.47 Å². The van der Waals surface area contributed by atoms with E-state index in [0.29, 0.717) is 5.78 Å². The van der Waals surface area contributed by atoms with Crippen molar-refractivity contribution in [2.24, 2.45) is 11.8 Å². The van der Waals surface area contributed by atoms with Crippen molar-refractivity contribution in [2.45, 2.75) is 38.3 Å². The van der Waals surface area contributed by atoms with E-state index in [2.05, 4.69) is 0 Å². The summed E-state index contributed by atoms with van der Waals surface area (Å²) in [5.74, 6) is 0.426. The highest BCUT2D eigenvalue weighted by Gasteiger charge is 2.65. The zero-order valence-corrected chi connectivity index (χ0v) is 7.19. The molecule has 6 atom stereocenters. The van der Waals surface area contributed by atoms with Crippen LogP contribution in [0.2, 0.25) is 0 Å². The second kappa shape index (κ2) is 1.91. The molecule has 0 amide bonds. The second-order valence-corrected chi connectivity index (χ2v) is 4.11. The number of ketones is 1. The molecule has 2 bridgehead atoms. The zero-order valence-electron chi connectivity index (χ0n) is 7.19. The molecule has 3 nitrogen and oxygen atoms in total. The van der Waals surface area contributed by atoms with Crippen LogP contribution in [0.15, 0.2) is 0 Å². The molecule has 3 aliphatic heterocycles. The monoisotopic (exact) mass is 168 g/mol. The first-order valence-electron chi connectivity index (χ1n) is 4.55. The summed E-state index contributed by atoms with van der Waals surface area (Å²) in [6.45, 7) is 3.90. The topological polar surface area (TPSA) is 38.8 Å². The van der Waals surface area contributed by atoms with Crippen molar-refractivity contribution in [2.75, 3.05) is 0 Å². The number of fused-ring (bicyclic) bond motifs is 5. The Labute approximate surface area is 71.0 Å². The fraction of sp³-hybridized carbons (Fsp3) is 0.889. The van der Waals surface area contributed by atoms with Crippen LogP contribution in [0.25, 0.3) is 0 Å². The Morgan fingerprint density at radius 1 is 0.917 bits per heavy atom. The summed E-state index contributed by atoms with van der Waals surface area (Å²) in [5.41, 5.74) is 0. The van der Waals surface area contributed by atoms with Crippen LogP contribution in [0.1, 0.15) is 13.8 Å². The van der Waals surface area contributed by atoms with Gasteiger partial charge in [-0.25, -0.2) is 0 Å². The van der Waals surface area contributed by atoms with Crippen LogP contribution in [0.4, 0.5) is 0 Å². The predicted molar refractivity (Wildman–Crippen MR) is 40.7 cm³/mol. The van der Waals surface area contributed by atoms with Gasteiger partial charge in [-0.3, -0.25) is 4.79 Å². The molecule has 0 N–H and O–H groups in total. The lowest BCUT2D eigenvalue weighted by Crippen LogP contribution is -2.44. The number of hydrogen-bond acceptors (Lipinski definition) is 3. The number of carbonyl (C=O) groups excluding carboxylic acids is 1. The summed E-state index contributed by atoms with van der Waals surface area (Å²) in [5, 5.41) is 0. The van der Waals surface area contributed by atoms with Crippen molar-refractivity contribution in [1.29, 1.82) is 0 Å². The molecular formula is C9H12O3. The molecule has 12 heavy (non-hydrogen) atoms. The van der Waals surface area contributed by atoms with Crippen LogP contribution < -0.4 is 0 Å². The Balaban J connectivity index is 1.98. The van der Waals surface area contributed by atoms with Crippen LogP contribution in [-0.4, -0.2) is 30.2 Å². The molecule has 3 aliphatic rings. The van der Waals surface area contributed by atoms with E-state index >= 15 is 0 Å². The SMILES string of the molecule is CC1C(=O)C(C)C2OC1C1OC21. The number of Topliss-reactive ketones (excluding diaryl/α,β-unsaturated/α-hetero) is 1. The Hall–Kier alpha value is -0.410. The van der Waals surface area contributed by atoms with Gasteiger partial charge in [0.2, 0.25) is 0 Å². The van der Waals surface area contributed by atoms with Gasteiger partial charge in [0.05, 0.1) is 12.2 Å². The molecule has 0 radical (unpaired) electrons. The van der Waals surface area contributed by atoms with Gasteiger partial charge in [0.15, 0.2) is 0 Å². The third-order valence-corrected chi connectivity index (χ3v) is 3.41. The number of rotatable bonds is 0. The molecule has 3 rings (SSSR count). The van der Waals surface area contributed by atoms with Gasteiger partial charge < -0.3 is 9.47 Å². The van der Waals surface area contributed by atoms with Crippen LogP contribution in [0.5, 0.6) is 0 Å². The molecule has 0 aromatic rings. The highest BCUT2D eigenvalue weighted by atomic mass is 16.7. The summed E-state index contributed by atoms with van der Waals surface area (Å²) in [6.07, 6.45) is 0.588. The maximum atomic E-state index is 11.6. The van der Waals surface area contributed by atoms with Crippen molar-refractivity contribution in [3.8, 4) is 0 Å². The molecule has 3 fully saturated rings. The first-order chi connectivity index (χ1) is 5.70. The lowest BCUT2D eigenvalue weighted by atomic mass is 9.88. The van der Waals surface area contributed by atoms with E-state index in [1.54, 1.807) is 0 Å². The third kappa shape index (κ3) is 0.627. The van der Waals surface area contributed by atoms with E-state index < -0.39 is 0 Å². The average molecular weight is 168 g/mol. The second-order valence-electron chi connectivity index (χ2n) is 4.11. The predicted octanol–water partition coefficient (Wildman–Crippen LogP) is 0.376. The average Bonchev–Trinajstić information content (AvgIpc) is 2.76. The van der Waals surface area contributed by atoms with Crippen LogP contribution in [-0.2, 0) is 14.3 Å². The minimum Gasteiger partial charge on any atom is -0.368 e. The van der Waals surface area contributed by atoms with Gasteiger partial charge in [-0.05, 0) is 0 Å². The molecule has 0 saturated carbocycles. The van der Waals surface area contributed by atoms with E-state index in [0.717, 1.165) is 0 Å². The normalized spacial score (nSPS) is 61.7. The summed E-state index contributed by atoms with van der Waals surface area (Å²) >= 11 is 0. The maximum absolute atomic E-state index is 11.6. The lowest BCUT2D eigenvalue weighted by Gasteiger charge is -2.32. The highest BCUT2D eigenvalue weighted by molar-refractivity contribution is 5.85. The van der Waals surface area contributed by atoms with Crippen molar-refractivity contribution < 1.29 is 14.3 Å². The Morgan fingerprint density at radius 3 is 1.83 bits per heavy atom. The maximum Gasteiger partial charge on any atom is 0.143 e. The highest BCUT2D eigenvalue weighted by Crippen LogP contribution is 2.49. The summed E-state index contributed by atoms with van der Waals surface area (Å²) in [6, 6.07) is 0. The number of carbonyl (C=O) groups is 1. The summed E-state index contributed by atoms with van der Waals surface area (Å²) in [7, 11) is 0. The fourth-order valence-corrected chi connectivity index (χ4v) is 2.54. The van der Waals surface area contributed by atoms with Gasteiger partial charge in [-0.1, -0.05) is 13.8 Å². The van der Waals surface area contributed by atoms with E-state index in [-0.39, 0.29) is 36.3 Å². The van der Waals surface area contributed by atoms with Crippen molar-refractivity contribution >= 4 is 5.78 Å². The van der Waals surface area contributed by atoms with E-state index in [9.17, 15) is 4.79 Å². The Bertz CT molecular complexity index is 228. The first-order valence-corrected chi connectivity index (χ1v) is 4.55. The smallest absolute Gasteiger partial charge is 0.143 e. The number of hydrogen-bond donors (Lipinski definition) is 0. The standard InChI is InChI=1S/C9H12O3/c1-3-5(10)4(2)7-9-8(12-9)6(3)11-7/h3-4,6-9H,1-2H3. The van der Waals surface area contributed by atoms with E-state index in [1.165, 1.54) is 0 Å². The fourth-order valence-electron chi connectivity index (χ4n) is 2.54. The quantitative estimate of drug-likeness (QED) is 0.491. The van der Waals surface area contributed by atoms with Crippen molar-refractivity contribution in [3.63, 3.8) is 0 Å². The van der Waals surface area contributed by atoms with Gasteiger partial charge in [0, 0.05) is 11.8 Å². The molecule has 0 aromatic heterocycles. The Kier molecular flexibility index (Phi) is 1.12. The van der Waals surface area contributed by atoms with Gasteiger partial charge in [0.1, 0.15) is 18.0 Å². The molecule has 6 unspecified atom stereocenters. The van der Waals surface area contributed by atoms with Crippen LogP contribution in [0, 0.1) is 11.8 Å². The molecule has 3 saturated heterocycles. The molecule has 0 spiro atoms. The summed E-state index contributed by atoms with van der Waals surface area (Å²) in [4.78, 5) is 11.6. The minimum absolute atomic E-state index is 0.0359. The molecule has 0 aromatic carbocycles. The first kappa shape index (κ1) is 7.04. The van der Waals surface area contributed by atoms with Crippen LogP contribution in [0.3, 0.4) is 0 Å². The number of epoxide rings is 1. The number of ether oxygens (including phenoxy) is 2. The van der Waals surface area contributed by atoms with Gasteiger partial charge in [-0.2, -0.15) is 0 Å². The molecule has 3 heterocycles. The van der Waals surface area contributed by atoms with Gasteiger partial charge in [-0.15, -0.1) is 0 Å². The lowest BCUT2D eigenvalue weighted by molar-refractivity contribution is -0.156. The molecule has 3 heteroatoms. The summed E-state index contributed by atoms with van der Waals surface area (Å²) < 4.78 is 11.1. The zero-order chi connectivity index (χ0) is 8.46.